The van der Waals surface area contributed by atoms with Crippen molar-refractivity contribution in [2.24, 2.45) is 0 Å². The molecule has 1 aliphatic rings. The highest BCUT2D eigenvalue weighted by molar-refractivity contribution is 5.76. The molecule has 1 amide bonds. The van der Waals surface area contributed by atoms with E-state index >= 15 is 0 Å². The standard InChI is InChI=1S/C77H133NO8/c1-3-5-7-9-11-13-15-17-19-21-23-25-27-29-30-31-32-33-34-35-36-37-38-39-40-41-42-43-45-47-49-51-53-55-57-59-61-63-65-67-73(81)78-70(69-85-77-76(84)75(83)74(82)72(68-79)86-77)71(80)66-64-62-60-58-56-54-52-50-48-46-44-28-26-24-22-20-18-16-14-12-10-8-6-4-2/h5,7,11,13,17,19,23,25,29-30,32-33,35-36,38-39,41-42,45,47,70-72,74-77,79-80,82-84H,3-4,6,8-10,12,14-16,18,20-22,24,26-28,31,34,37,40,43-44,46,48-69H2,1-2H3,(H,78,81)/b7-5-,13-11-,19-17-,25-23-,30-29-,33-32-,36-35-,39-38-,42-41-,47-45-. The van der Waals surface area contributed by atoms with Gasteiger partial charge in [0.25, 0.3) is 0 Å². The number of aliphatic hydroxyl groups excluding tert-OH is 5. The van der Waals surface area contributed by atoms with Gasteiger partial charge < -0.3 is 40.3 Å². The predicted molar refractivity (Wildman–Crippen MR) is 368 cm³/mol. The zero-order valence-electron chi connectivity index (χ0n) is 55.3. The largest absolute Gasteiger partial charge is 0.394 e. The first-order chi connectivity index (χ1) is 42.3. The van der Waals surface area contributed by atoms with E-state index in [1.54, 1.807) is 0 Å². The van der Waals surface area contributed by atoms with Crippen molar-refractivity contribution in [2.75, 3.05) is 13.2 Å². The van der Waals surface area contributed by atoms with Gasteiger partial charge in [-0.1, -0.05) is 328 Å². The van der Waals surface area contributed by atoms with Crippen LogP contribution < -0.4 is 5.32 Å². The van der Waals surface area contributed by atoms with Crippen LogP contribution in [0.2, 0.25) is 0 Å². The summed E-state index contributed by atoms with van der Waals surface area (Å²) in [6.45, 7) is 3.74. The second kappa shape index (κ2) is 64.6. The van der Waals surface area contributed by atoms with E-state index < -0.39 is 49.5 Å². The van der Waals surface area contributed by atoms with E-state index in [4.69, 9.17) is 9.47 Å². The number of nitrogens with one attached hydrogen (secondary N) is 1. The minimum atomic E-state index is -1.56. The van der Waals surface area contributed by atoms with Crippen molar-refractivity contribution in [1.29, 1.82) is 0 Å². The first kappa shape index (κ1) is 80.6. The van der Waals surface area contributed by atoms with Crippen LogP contribution in [0.4, 0.5) is 0 Å². The van der Waals surface area contributed by atoms with Crippen LogP contribution >= 0.6 is 0 Å². The van der Waals surface area contributed by atoms with Crippen molar-refractivity contribution in [3.8, 4) is 0 Å². The third kappa shape index (κ3) is 52.5. The number of carbonyl (C=O) groups excluding carboxylic acids is 1. The van der Waals surface area contributed by atoms with Crippen LogP contribution in [0, 0.1) is 0 Å². The molecule has 0 bridgehead atoms. The van der Waals surface area contributed by atoms with Gasteiger partial charge in [0.15, 0.2) is 6.29 Å². The second-order valence-corrected chi connectivity index (χ2v) is 24.3. The normalized spacial score (nSPS) is 18.8. The number of allylic oxidation sites excluding steroid dienone is 20. The topological polar surface area (TPSA) is 149 Å². The van der Waals surface area contributed by atoms with Gasteiger partial charge in [-0.25, -0.2) is 0 Å². The average molecular weight is 1200 g/mol. The molecule has 0 aromatic rings. The van der Waals surface area contributed by atoms with Gasteiger partial charge >= 0.3 is 0 Å². The molecule has 86 heavy (non-hydrogen) atoms. The van der Waals surface area contributed by atoms with Crippen molar-refractivity contribution in [1.82, 2.24) is 5.32 Å². The summed E-state index contributed by atoms with van der Waals surface area (Å²) < 4.78 is 11.4. The molecule has 0 aromatic heterocycles. The molecule has 1 heterocycles. The Hall–Kier alpha value is -3.41. The zero-order chi connectivity index (χ0) is 62.1. The summed E-state index contributed by atoms with van der Waals surface area (Å²) in [5.74, 6) is -0.154. The fourth-order valence-corrected chi connectivity index (χ4v) is 10.8. The lowest BCUT2D eigenvalue weighted by Crippen LogP contribution is -2.60. The highest BCUT2D eigenvalue weighted by Gasteiger charge is 2.44. The Labute approximate surface area is 528 Å². The van der Waals surface area contributed by atoms with Gasteiger partial charge in [0, 0.05) is 6.42 Å². The van der Waals surface area contributed by atoms with Crippen LogP contribution in [0.1, 0.15) is 303 Å². The minimum absolute atomic E-state index is 0.146. The van der Waals surface area contributed by atoms with E-state index in [2.05, 4.69) is 141 Å². The van der Waals surface area contributed by atoms with Crippen molar-refractivity contribution in [2.45, 2.75) is 346 Å². The number of aliphatic hydroxyl groups is 5. The number of amides is 1. The summed E-state index contributed by atoms with van der Waals surface area (Å²) in [7, 11) is 0. The summed E-state index contributed by atoms with van der Waals surface area (Å²) in [6.07, 6.45) is 89.7. The molecule has 0 spiro atoms. The number of unbranched alkanes of at least 4 members (excludes halogenated alkanes) is 31. The lowest BCUT2D eigenvalue weighted by Gasteiger charge is -2.40. The molecule has 494 valence electrons. The average Bonchev–Trinajstić information content (AvgIpc) is 3.55. The smallest absolute Gasteiger partial charge is 0.220 e. The van der Waals surface area contributed by atoms with Gasteiger partial charge in [0.2, 0.25) is 5.91 Å². The molecule has 1 saturated heterocycles. The fraction of sp³-hybridized carbons (Fsp3) is 0.727. The van der Waals surface area contributed by atoms with Gasteiger partial charge in [0.1, 0.15) is 24.4 Å². The van der Waals surface area contributed by atoms with E-state index in [1.807, 2.05) is 0 Å². The van der Waals surface area contributed by atoms with E-state index in [-0.39, 0.29) is 12.5 Å². The molecular formula is C77H133NO8. The molecule has 0 aliphatic carbocycles. The Morgan fingerprint density at radius 2 is 0.721 bits per heavy atom. The lowest BCUT2D eigenvalue weighted by molar-refractivity contribution is -0.302. The molecule has 7 atom stereocenters. The van der Waals surface area contributed by atoms with E-state index in [9.17, 15) is 30.3 Å². The molecule has 1 rings (SSSR count). The highest BCUT2D eigenvalue weighted by Crippen LogP contribution is 2.23. The molecule has 0 radical (unpaired) electrons. The van der Waals surface area contributed by atoms with Crippen molar-refractivity contribution in [3.63, 3.8) is 0 Å². The van der Waals surface area contributed by atoms with Crippen LogP contribution in [0.15, 0.2) is 122 Å². The Kier molecular flexibility index (Phi) is 60.5. The first-order valence-corrected chi connectivity index (χ1v) is 35.7. The lowest BCUT2D eigenvalue weighted by atomic mass is 9.99. The molecule has 9 nitrogen and oxygen atoms in total. The van der Waals surface area contributed by atoms with Crippen molar-refractivity contribution in [3.05, 3.63) is 122 Å². The Balaban J connectivity index is 2.14. The molecule has 9 heteroatoms. The summed E-state index contributed by atoms with van der Waals surface area (Å²) in [5, 5.41) is 54.9. The molecule has 1 aliphatic heterocycles. The van der Waals surface area contributed by atoms with E-state index in [0.717, 1.165) is 116 Å². The maximum Gasteiger partial charge on any atom is 0.220 e. The molecule has 7 unspecified atom stereocenters. The SMILES string of the molecule is CC/C=C\C/C=C\C/C=C\C/C=C\C/C=C\C/C=C\C/C=C\C/C=C\C/C=C\C/C=C\CCCCCCCCCCC(=O)NC(COC1OC(CO)C(O)C(O)C1O)C(O)CCCCCCCCCCCCCCCCCCCCCCCCCC. The zero-order valence-corrected chi connectivity index (χ0v) is 55.3. The molecule has 0 aromatic carbocycles. The van der Waals surface area contributed by atoms with E-state index in [1.165, 1.54) is 161 Å². The van der Waals surface area contributed by atoms with Crippen molar-refractivity contribution >= 4 is 5.91 Å². The van der Waals surface area contributed by atoms with Crippen molar-refractivity contribution < 1.29 is 39.8 Å². The predicted octanol–water partition coefficient (Wildman–Crippen LogP) is 19.8. The third-order valence-electron chi connectivity index (χ3n) is 16.3. The van der Waals surface area contributed by atoms with Crippen LogP contribution in [0.5, 0.6) is 0 Å². The van der Waals surface area contributed by atoms with Crippen LogP contribution in [0.25, 0.3) is 0 Å². The number of rotatable bonds is 61. The summed E-state index contributed by atoms with van der Waals surface area (Å²) >= 11 is 0. The quantitative estimate of drug-likeness (QED) is 0.0261. The van der Waals surface area contributed by atoms with Gasteiger partial charge in [-0.3, -0.25) is 4.79 Å². The monoisotopic (exact) mass is 1200 g/mol. The van der Waals surface area contributed by atoms with Gasteiger partial charge in [-0.05, 0) is 89.9 Å². The molecule has 1 fully saturated rings. The number of hydrogen-bond donors (Lipinski definition) is 6. The summed E-state index contributed by atoms with van der Waals surface area (Å²) in [6, 6.07) is -0.733. The third-order valence-corrected chi connectivity index (χ3v) is 16.3. The van der Waals surface area contributed by atoms with E-state index in [0.29, 0.717) is 12.8 Å². The fourth-order valence-electron chi connectivity index (χ4n) is 10.8. The Morgan fingerprint density at radius 3 is 1.07 bits per heavy atom. The number of ether oxygens (including phenoxy) is 2. The summed E-state index contributed by atoms with van der Waals surface area (Å²) in [4.78, 5) is 13.2. The molecule has 6 N–H and O–H groups in total. The van der Waals surface area contributed by atoms with Gasteiger partial charge in [0.05, 0.1) is 25.4 Å². The number of carbonyl (C=O) groups is 1. The Morgan fingerprint density at radius 1 is 0.407 bits per heavy atom. The van der Waals surface area contributed by atoms with Gasteiger partial charge in [-0.15, -0.1) is 0 Å². The summed E-state index contributed by atoms with van der Waals surface area (Å²) in [5.41, 5.74) is 0. The highest BCUT2D eigenvalue weighted by atomic mass is 16.7. The Bertz CT molecular complexity index is 1780. The van der Waals surface area contributed by atoms with Gasteiger partial charge in [-0.2, -0.15) is 0 Å². The maximum atomic E-state index is 13.2. The van der Waals surface area contributed by atoms with Crippen LogP contribution in [0.3, 0.4) is 0 Å². The first-order valence-electron chi connectivity index (χ1n) is 35.7. The number of hydrogen-bond acceptors (Lipinski definition) is 8. The molecule has 0 saturated carbocycles. The second-order valence-electron chi connectivity index (χ2n) is 24.3. The van der Waals surface area contributed by atoms with Crippen LogP contribution in [-0.2, 0) is 14.3 Å². The molecular weight excluding hydrogens is 1070 g/mol. The van der Waals surface area contributed by atoms with Crippen LogP contribution in [-0.4, -0.2) is 87.5 Å². The minimum Gasteiger partial charge on any atom is -0.394 e. The maximum absolute atomic E-state index is 13.2.